The maximum absolute atomic E-state index is 12.5. The molecule has 1 amide bonds. The van der Waals surface area contributed by atoms with E-state index < -0.39 is 16.7 Å². The van der Waals surface area contributed by atoms with Gasteiger partial charge in [-0.25, -0.2) is 0 Å². The fourth-order valence-electron chi connectivity index (χ4n) is 2.30. The number of nitro groups is 1. The summed E-state index contributed by atoms with van der Waals surface area (Å²) in [6.07, 6.45) is -4.37. The highest BCUT2D eigenvalue weighted by Crippen LogP contribution is 2.29. The van der Waals surface area contributed by atoms with Gasteiger partial charge >= 0.3 is 6.18 Å². The third kappa shape index (κ3) is 5.98. The molecule has 0 radical (unpaired) electrons. The molecule has 0 aliphatic heterocycles. The Morgan fingerprint density at radius 3 is 2.44 bits per heavy atom. The molecule has 0 spiro atoms. The minimum atomic E-state index is -4.40. The molecule has 6 nitrogen and oxygen atoms in total. The molecule has 2 aromatic carbocycles. The topological polar surface area (TPSA) is 72.7 Å². The molecule has 0 aliphatic rings. The molecule has 0 fully saturated rings. The minimum absolute atomic E-state index is 0.0252. The summed E-state index contributed by atoms with van der Waals surface area (Å²) in [5, 5.41) is 10.7. The summed E-state index contributed by atoms with van der Waals surface area (Å²) >= 11 is 0. The second-order valence-corrected chi connectivity index (χ2v) is 5.80. The van der Waals surface area contributed by atoms with E-state index in [1.54, 1.807) is 6.07 Å². The second-order valence-electron chi connectivity index (χ2n) is 5.80. The SMILES string of the molecule is CN(Cc1ccc(C(F)(F)F)cc1)C(=O)CCOc1cccc([N+](=O)[O-])c1. The number of alkyl halides is 3. The van der Waals surface area contributed by atoms with Crippen LogP contribution in [0.25, 0.3) is 0 Å². The zero-order valence-electron chi connectivity index (χ0n) is 14.4. The number of halogens is 3. The molecular weight excluding hydrogens is 365 g/mol. The molecule has 9 heteroatoms. The molecule has 0 saturated heterocycles. The van der Waals surface area contributed by atoms with Gasteiger partial charge in [-0.3, -0.25) is 14.9 Å². The van der Waals surface area contributed by atoms with Crippen molar-refractivity contribution in [3.05, 3.63) is 69.8 Å². The van der Waals surface area contributed by atoms with E-state index in [0.29, 0.717) is 5.56 Å². The third-order valence-electron chi connectivity index (χ3n) is 3.74. The Kier molecular flexibility index (Phi) is 6.38. The third-order valence-corrected chi connectivity index (χ3v) is 3.74. The normalized spacial score (nSPS) is 11.1. The van der Waals surface area contributed by atoms with E-state index in [0.717, 1.165) is 12.1 Å². The van der Waals surface area contributed by atoms with Crippen LogP contribution in [0.5, 0.6) is 5.75 Å². The molecule has 144 valence electrons. The molecule has 0 saturated carbocycles. The van der Waals surface area contributed by atoms with E-state index in [4.69, 9.17) is 4.74 Å². The molecule has 2 aromatic rings. The molecule has 0 unspecified atom stereocenters. The molecule has 2 rings (SSSR count). The standard InChI is InChI=1S/C18H17F3N2O4/c1-22(12-13-5-7-14(8-6-13)18(19,20)21)17(24)9-10-27-16-4-2-3-15(11-16)23(25)26/h2-8,11H,9-10,12H2,1H3. The maximum atomic E-state index is 12.5. The van der Waals surface area contributed by atoms with Crippen molar-refractivity contribution >= 4 is 11.6 Å². The van der Waals surface area contributed by atoms with Gasteiger partial charge in [0.05, 0.1) is 29.6 Å². The van der Waals surface area contributed by atoms with Crippen LogP contribution in [0.15, 0.2) is 48.5 Å². The fourth-order valence-corrected chi connectivity index (χ4v) is 2.30. The van der Waals surface area contributed by atoms with Gasteiger partial charge in [0.1, 0.15) is 5.75 Å². The van der Waals surface area contributed by atoms with Gasteiger partial charge in [-0.05, 0) is 23.8 Å². The van der Waals surface area contributed by atoms with Gasteiger partial charge in [0.2, 0.25) is 5.91 Å². The number of carbonyl (C=O) groups excluding carboxylic acids is 1. The highest BCUT2D eigenvalue weighted by atomic mass is 19.4. The van der Waals surface area contributed by atoms with Crippen molar-refractivity contribution in [1.29, 1.82) is 0 Å². The molecule has 27 heavy (non-hydrogen) atoms. The molecule has 0 aromatic heterocycles. The van der Waals surface area contributed by atoms with E-state index in [-0.39, 0.29) is 36.9 Å². The predicted molar refractivity (Wildman–Crippen MR) is 91.1 cm³/mol. The van der Waals surface area contributed by atoms with Crippen molar-refractivity contribution in [3.63, 3.8) is 0 Å². The van der Waals surface area contributed by atoms with Crippen molar-refractivity contribution in [2.45, 2.75) is 19.1 Å². The number of nitro benzene ring substituents is 1. The number of benzene rings is 2. The van der Waals surface area contributed by atoms with Crippen LogP contribution in [0.2, 0.25) is 0 Å². The Balaban J connectivity index is 1.83. The summed E-state index contributed by atoms with van der Waals surface area (Å²) < 4.78 is 43.0. The predicted octanol–water partition coefficient (Wildman–Crippen LogP) is 4.04. The van der Waals surface area contributed by atoms with E-state index in [1.807, 2.05) is 0 Å². The van der Waals surface area contributed by atoms with Crippen LogP contribution in [0.1, 0.15) is 17.5 Å². The van der Waals surface area contributed by atoms with Gasteiger partial charge in [0.25, 0.3) is 5.69 Å². The second kappa shape index (κ2) is 8.52. The van der Waals surface area contributed by atoms with E-state index in [2.05, 4.69) is 0 Å². The van der Waals surface area contributed by atoms with Crippen LogP contribution >= 0.6 is 0 Å². The van der Waals surface area contributed by atoms with Gasteiger partial charge in [-0.1, -0.05) is 18.2 Å². The van der Waals surface area contributed by atoms with Crippen LogP contribution in [0, 0.1) is 10.1 Å². The molecular formula is C18H17F3N2O4. The van der Waals surface area contributed by atoms with E-state index in [9.17, 15) is 28.1 Å². The summed E-state index contributed by atoms with van der Waals surface area (Å²) in [6, 6.07) is 10.2. The van der Waals surface area contributed by atoms with Crippen molar-refractivity contribution in [2.24, 2.45) is 0 Å². The first-order valence-corrected chi connectivity index (χ1v) is 7.94. The smallest absolute Gasteiger partial charge is 0.416 e. The van der Waals surface area contributed by atoms with Gasteiger partial charge in [0.15, 0.2) is 0 Å². The summed E-state index contributed by atoms with van der Waals surface area (Å²) in [7, 11) is 1.54. The van der Waals surface area contributed by atoms with Crippen molar-refractivity contribution < 1.29 is 27.6 Å². The Hall–Kier alpha value is -3.10. The summed E-state index contributed by atoms with van der Waals surface area (Å²) in [5.41, 5.74) is -0.290. The summed E-state index contributed by atoms with van der Waals surface area (Å²) in [5.74, 6) is 0.0164. The van der Waals surface area contributed by atoms with Crippen molar-refractivity contribution in [3.8, 4) is 5.75 Å². The van der Waals surface area contributed by atoms with Crippen LogP contribution < -0.4 is 4.74 Å². The first-order chi connectivity index (χ1) is 12.7. The van der Waals surface area contributed by atoms with Crippen LogP contribution in [-0.4, -0.2) is 29.4 Å². The van der Waals surface area contributed by atoms with Crippen LogP contribution in [-0.2, 0) is 17.5 Å². The zero-order valence-corrected chi connectivity index (χ0v) is 14.4. The molecule has 0 atom stereocenters. The molecule has 0 heterocycles. The van der Waals surface area contributed by atoms with E-state index in [1.165, 1.54) is 42.3 Å². The average Bonchev–Trinajstić information content (AvgIpc) is 2.61. The molecule has 0 bridgehead atoms. The summed E-state index contributed by atoms with van der Waals surface area (Å²) in [4.78, 5) is 23.6. The minimum Gasteiger partial charge on any atom is -0.493 e. The Morgan fingerprint density at radius 2 is 1.85 bits per heavy atom. The van der Waals surface area contributed by atoms with Crippen LogP contribution in [0.4, 0.5) is 18.9 Å². The quantitative estimate of drug-likeness (QED) is 0.535. The Morgan fingerprint density at radius 1 is 1.19 bits per heavy atom. The Labute approximate surface area is 153 Å². The lowest BCUT2D eigenvalue weighted by atomic mass is 10.1. The number of hydrogen-bond donors (Lipinski definition) is 0. The monoisotopic (exact) mass is 382 g/mol. The van der Waals surface area contributed by atoms with Gasteiger partial charge in [-0.2, -0.15) is 13.2 Å². The number of carbonyl (C=O) groups is 1. The number of ether oxygens (including phenoxy) is 1. The largest absolute Gasteiger partial charge is 0.493 e. The first kappa shape index (κ1) is 20.2. The van der Waals surface area contributed by atoms with Crippen molar-refractivity contribution in [2.75, 3.05) is 13.7 Å². The lowest BCUT2D eigenvalue weighted by molar-refractivity contribution is -0.384. The number of non-ortho nitro benzene ring substituents is 1. The first-order valence-electron chi connectivity index (χ1n) is 7.94. The molecule has 0 N–H and O–H groups in total. The number of amides is 1. The maximum Gasteiger partial charge on any atom is 0.416 e. The number of hydrogen-bond acceptors (Lipinski definition) is 4. The number of rotatable bonds is 7. The lowest BCUT2D eigenvalue weighted by Crippen LogP contribution is -2.27. The van der Waals surface area contributed by atoms with Crippen LogP contribution in [0.3, 0.4) is 0 Å². The van der Waals surface area contributed by atoms with E-state index >= 15 is 0 Å². The fraction of sp³-hybridized carbons (Fsp3) is 0.278. The molecule has 0 aliphatic carbocycles. The highest BCUT2D eigenvalue weighted by molar-refractivity contribution is 5.76. The highest BCUT2D eigenvalue weighted by Gasteiger charge is 2.29. The van der Waals surface area contributed by atoms with Gasteiger partial charge in [0, 0.05) is 19.7 Å². The Bertz CT molecular complexity index is 807. The summed E-state index contributed by atoms with van der Waals surface area (Å²) in [6.45, 7) is 0.186. The number of nitrogens with zero attached hydrogens (tertiary/aromatic N) is 2. The average molecular weight is 382 g/mol. The van der Waals surface area contributed by atoms with Crippen molar-refractivity contribution in [1.82, 2.24) is 4.90 Å². The van der Waals surface area contributed by atoms with Gasteiger partial charge < -0.3 is 9.64 Å². The van der Waals surface area contributed by atoms with Gasteiger partial charge in [-0.15, -0.1) is 0 Å². The zero-order chi connectivity index (χ0) is 20.0. The lowest BCUT2D eigenvalue weighted by Gasteiger charge is -2.18.